The Bertz CT molecular complexity index is 660. The highest BCUT2D eigenvalue weighted by atomic mass is 16.6. The fraction of sp³-hybridized carbons (Fsp3) is 0.524. The maximum Gasteiger partial charge on any atom is 0.347 e. The average molecular weight is 344 g/mol. The van der Waals surface area contributed by atoms with Gasteiger partial charge in [0.1, 0.15) is 5.75 Å². The van der Waals surface area contributed by atoms with Crippen LogP contribution < -0.4 is 4.74 Å². The SMILES string of the molecule is C=C(CC)C(=O)c1cc2c(cc1C)OC(C(=O)OCCCCCC)C2. The second-order valence-electron chi connectivity index (χ2n) is 6.60. The van der Waals surface area contributed by atoms with Gasteiger partial charge in [0, 0.05) is 12.0 Å². The number of aryl methyl sites for hydroxylation is 1. The van der Waals surface area contributed by atoms with Gasteiger partial charge >= 0.3 is 5.97 Å². The first kappa shape index (κ1) is 19.2. The van der Waals surface area contributed by atoms with E-state index in [0.29, 0.717) is 36.3 Å². The summed E-state index contributed by atoms with van der Waals surface area (Å²) in [5, 5.41) is 0. The van der Waals surface area contributed by atoms with Gasteiger partial charge < -0.3 is 9.47 Å². The van der Waals surface area contributed by atoms with Gasteiger partial charge in [0.2, 0.25) is 0 Å². The monoisotopic (exact) mass is 344 g/mol. The first-order valence-electron chi connectivity index (χ1n) is 9.17. The van der Waals surface area contributed by atoms with Crippen molar-refractivity contribution < 1.29 is 19.1 Å². The highest BCUT2D eigenvalue weighted by Gasteiger charge is 2.31. The molecule has 0 fully saturated rings. The van der Waals surface area contributed by atoms with Gasteiger partial charge in [-0.2, -0.15) is 0 Å². The van der Waals surface area contributed by atoms with Crippen molar-refractivity contribution in [2.24, 2.45) is 0 Å². The van der Waals surface area contributed by atoms with E-state index >= 15 is 0 Å². The van der Waals surface area contributed by atoms with Crippen LogP contribution in [0.25, 0.3) is 0 Å². The molecule has 0 spiro atoms. The number of ketones is 1. The highest BCUT2D eigenvalue weighted by molar-refractivity contribution is 6.09. The molecule has 1 unspecified atom stereocenters. The summed E-state index contributed by atoms with van der Waals surface area (Å²) in [7, 11) is 0. The fourth-order valence-corrected chi connectivity index (χ4v) is 2.91. The second kappa shape index (κ2) is 8.84. The molecule has 4 nitrogen and oxygen atoms in total. The zero-order chi connectivity index (χ0) is 18.4. The lowest BCUT2D eigenvalue weighted by molar-refractivity contribution is -0.151. The molecular weight excluding hydrogens is 316 g/mol. The van der Waals surface area contributed by atoms with E-state index in [1.807, 2.05) is 26.0 Å². The Kier molecular flexibility index (Phi) is 6.80. The van der Waals surface area contributed by atoms with Crippen molar-refractivity contribution in [3.05, 3.63) is 41.0 Å². The molecule has 0 aromatic heterocycles. The average Bonchev–Trinajstić information content (AvgIpc) is 3.02. The lowest BCUT2D eigenvalue weighted by atomic mass is 9.95. The number of unbranched alkanes of at least 4 members (excludes halogenated alkanes) is 3. The highest BCUT2D eigenvalue weighted by Crippen LogP contribution is 2.33. The number of esters is 1. The Balaban J connectivity index is 1.99. The maximum absolute atomic E-state index is 12.4. The van der Waals surface area contributed by atoms with Gasteiger partial charge in [-0.1, -0.05) is 39.7 Å². The van der Waals surface area contributed by atoms with Gasteiger partial charge in [-0.25, -0.2) is 4.79 Å². The van der Waals surface area contributed by atoms with Crippen molar-refractivity contribution in [3.8, 4) is 5.75 Å². The van der Waals surface area contributed by atoms with E-state index in [1.165, 1.54) is 0 Å². The fourth-order valence-electron chi connectivity index (χ4n) is 2.91. The molecule has 1 heterocycles. The van der Waals surface area contributed by atoms with Crippen molar-refractivity contribution in [2.45, 2.75) is 65.4 Å². The van der Waals surface area contributed by atoms with E-state index in [0.717, 1.165) is 36.8 Å². The molecule has 0 amide bonds. The molecule has 1 aliphatic heterocycles. The number of allylic oxidation sites excluding steroid dienone is 1. The van der Waals surface area contributed by atoms with Crippen LogP contribution in [0.3, 0.4) is 0 Å². The molecule has 1 aliphatic rings. The van der Waals surface area contributed by atoms with Gasteiger partial charge in [0.05, 0.1) is 6.61 Å². The number of ether oxygens (including phenoxy) is 2. The Morgan fingerprint density at radius 3 is 2.68 bits per heavy atom. The predicted molar refractivity (Wildman–Crippen MR) is 98.2 cm³/mol. The smallest absolute Gasteiger partial charge is 0.347 e. The Hall–Kier alpha value is -2.10. The van der Waals surface area contributed by atoms with Crippen LogP contribution in [0.1, 0.15) is 67.4 Å². The van der Waals surface area contributed by atoms with Crippen LogP contribution in [-0.2, 0) is 16.0 Å². The number of Topliss-reactive ketones (excluding diaryl/α,β-unsaturated/α-hetero) is 1. The van der Waals surface area contributed by atoms with E-state index in [4.69, 9.17) is 9.47 Å². The molecule has 4 heteroatoms. The third-order valence-electron chi connectivity index (χ3n) is 4.58. The van der Waals surface area contributed by atoms with Crippen LogP contribution in [0.15, 0.2) is 24.3 Å². The molecule has 1 atom stereocenters. The lowest BCUT2D eigenvalue weighted by Gasteiger charge is -2.11. The number of hydrogen-bond acceptors (Lipinski definition) is 4. The van der Waals surface area contributed by atoms with Crippen molar-refractivity contribution in [1.29, 1.82) is 0 Å². The number of carbonyl (C=O) groups excluding carboxylic acids is 2. The Labute approximate surface area is 150 Å². The molecule has 25 heavy (non-hydrogen) atoms. The molecule has 0 saturated carbocycles. The second-order valence-corrected chi connectivity index (χ2v) is 6.60. The van der Waals surface area contributed by atoms with Crippen LogP contribution in [0.5, 0.6) is 5.75 Å². The van der Waals surface area contributed by atoms with Crippen LogP contribution in [0.4, 0.5) is 0 Å². The first-order chi connectivity index (χ1) is 12.0. The van der Waals surface area contributed by atoms with E-state index in [2.05, 4.69) is 13.5 Å². The molecule has 136 valence electrons. The Morgan fingerprint density at radius 1 is 1.24 bits per heavy atom. The van der Waals surface area contributed by atoms with Crippen LogP contribution in [0, 0.1) is 6.92 Å². The van der Waals surface area contributed by atoms with E-state index < -0.39 is 6.10 Å². The largest absolute Gasteiger partial charge is 0.478 e. The number of rotatable bonds is 9. The summed E-state index contributed by atoms with van der Waals surface area (Å²) in [5.41, 5.74) is 2.95. The van der Waals surface area contributed by atoms with Crippen molar-refractivity contribution in [1.82, 2.24) is 0 Å². The molecule has 0 aliphatic carbocycles. The van der Waals surface area contributed by atoms with Crippen LogP contribution >= 0.6 is 0 Å². The number of hydrogen-bond donors (Lipinski definition) is 0. The minimum atomic E-state index is -0.611. The summed E-state index contributed by atoms with van der Waals surface area (Å²) >= 11 is 0. The summed E-state index contributed by atoms with van der Waals surface area (Å²) in [4.78, 5) is 24.6. The summed E-state index contributed by atoms with van der Waals surface area (Å²) in [6, 6.07) is 3.67. The molecule has 1 aromatic rings. The predicted octanol–water partition coefficient (Wildman–Crippen LogP) is 4.57. The van der Waals surface area contributed by atoms with Crippen molar-refractivity contribution in [2.75, 3.05) is 6.61 Å². The van der Waals surface area contributed by atoms with E-state index in [-0.39, 0.29) is 11.8 Å². The van der Waals surface area contributed by atoms with E-state index in [9.17, 15) is 9.59 Å². The zero-order valence-electron chi connectivity index (χ0n) is 15.5. The summed E-state index contributed by atoms with van der Waals surface area (Å²) in [5.74, 6) is 0.310. The molecule has 0 N–H and O–H groups in total. The lowest BCUT2D eigenvalue weighted by Crippen LogP contribution is -2.27. The number of fused-ring (bicyclic) bond motifs is 1. The quantitative estimate of drug-likeness (QED) is 0.285. The molecule has 0 radical (unpaired) electrons. The zero-order valence-corrected chi connectivity index (χ0v) is 15.5. The molecular formula is C21H28O4. The maximum atomic E-state index is 12.4. The van der Waals surface area contributed by atoms with Gasteiger partial charge in [0.15, 0.2) is 11.9 Å². The standard InChI is InChI=1S/C21H28O4/c1-5-7-8-9-10-24-21(23)19-13-16-12-17(20(22)14(3)6-2)15(4)11-18(16)25-19/h11-12,19H,3,5-10,13H2,1-2,4H3. The number of benzene rings is 1. The van der Waals surface area contributed by atoms with Crippen molar-refractivity contribution >= 4 is 11.8 Å². The van der Waals surface area contributed by atoms with Crippen LogP contribution in [0.2, 0.25) is 0 Å². The summed E-state index contributed by atoms with van der Waals surface area (Å²) in [6.45, 7) is 10.2. The minimum Gasteiger partial charge on any atom is -0.478 e. The van der Waals surface area contributed by atoms with Gasteiger partial charge in [-0.3, -0.25) is 4.79 Å². The normalized spacial score (nSPS) is 15.4. The molecule has 1 aromatic carbocycles. The third-order valence-corrected chi connectivity index (χ3v) is 4.58. The molecule has 0 bridgehead atoms. The van der Waals surface area contributed by atoms with E-state index in [1.54, 1.807) is 0 Å². The topological polar surface area (TPSA) is 52.6 Å². The Morgan fingerprint density at radius 2 is 2.00 bits per heavy atom. The van der Waals surface area contributed by atoms with Gasteiger partial charge in [-0.15, -0.1) is 0 Å². The van der Waals surface area contributed by atoms with Crippen molar-refractivity contribution in [3.63, 3.8) is 0 Å². The first-order valence-corrected chi connectivity index (χ1v) is 9.17. The van der Waals surface area contributed by atoms with Gasteiger partial charge in [-0.05, 0) is 48.6 Å². The molecule has 2 rings (SSSR count). The third kappa shape index (κ3) is 4.71. The number of carbonyl (C=O) groups is 2. The minimum absolute atomic E-state index is 0.0373. The summed E-state index contributed by atoms with van der Waals surface area (Å²) < 4.78 is 11.1. The summed E-state index contributed by atoms with van der Waals surface area (Å²) in [6.07, 6.45) is 4.72. The molecule has 0 saturated heterocycles. The van der Waals surface area contributed by atoms with Gasteiger partial charge in [0.25, 0.3) is 0 Å². The van der Waals surface area contributed by atoms with Crippen LogP contribution in [-0.4, -0.2) is 24.5 Å².